The molecule has 0 saturated heterocycles. The second-order valence-electron chi connectivity index (χ2n) is 7.30. The lowest BCUT2D eigenvalue weighted by molar-refractivity contribution is 0.247. The van der Waals surface area contributed by atoms with Crippen molar-refractivity contribution in [1.82, 2.24) is 15.1 Å². The van der Waals surface area contributed by atoms with Gasteiger partial charge in [-0.1, -0.05) is 72.3 Å². The number of hydrogen-bond donors (Lipinski definition) is 3. The molecule has 0 aliphatic rings. The van der Waals surface area contributed by atoms with Gasteiger partial charge in [0.15, 0.2) is 0 Å². The number of nitrogens with two attached hydrogens (primary N) is 1. The molecule has 1 aromatic heterocycles. The molecule has 0 aliphatic heterocycles. The molecule has 8 heteroatoms. The Bertz CT molecular complexity index is 1190. The highest BCUT2D eigenvalue weighted by molar-refractivity contribution is 6.30. The zero-order valence-electron chi connectivity index (χ0n) is 17.9. The first kappa shape index (κ1) is 22.2. The highest BCUT2D eigenvalue weighted by Crippen LogP contribution is 2.33. The molecule has 2 amide bonds. The zero-order chi connectivity index (χ0) is 23.0. The highest BCUT2D eigenvalue weighted by atomic mass is 35.5. The molecule has 0 aliphatic carbocycles. The highest BCUT2D eigenvalue weighted by Gasteiger charge is 2.19. The molecule has 4 rings (SSSR count). The van der Waals surface area contributed by atoms with E-state index in [1.165, 1.54) is 0 Å². The van der Waals surface area contributed by atoms with E-state index in [0.29, 0.717) is 41.9 Å². The number of hydrogen-bond acceptors (Lipinski definition) is 4. The first-order valence-electron chi connectivity index (χ1n) is 10.5. The van der Waals surface area contributed by atoms with E-state index in [2.05, 4.69) is 15.7 Å². The number of halogens is 1. The summed E-state index contributed by atoms with van der Waals surface area (Å²) in [6.45, 7) is 1.14. The number of aromatic nitrogens is 2. The molecule has 4 N–H and O–H groups in total. The molecule has 0 spiro atoms. The summed E-state index contributed by atoms with van der Waals surface area (Å²) in [7, 11) is 0. The molecule has 3 aromatic carbocycles. The van der Waals surface area contributed by atoms with Crippen LogP contribution in [0.4, 0.5) is 16.3 Å². The van der Waals surface area contributed by atoms with Crippen molar-refractivity contribution >= 4 is 29.1 Å². The van der Waals surface area contributed by atoms with Gasteiger partial charge in [0.2, 0.25) is 0 Å². The van der Waals surface area contributed by atoms with Crippen molar-refractivity contribution in [3.63, 3.8) is 0 Å². The minimum atomic E-state index is -0.396. The van der Waals surface area contributed by atoms with Crippen molar-refractivity contribution in [3.8, 4) is 17.0 Å². The number of nitrogen functional groups attached to an aromatic ring is 1. The Hall–Kier alpha value is -3.97. The van der Waals surface area contributed by atoms with Gasteiger partial charge in [-0.25, -0.2) is 9.48 Å². The van der Waals surface area contributed by atoms with Gasteiger partial charge >= 0.3 is 6.03 Å². The van der Waals surface area contributed by atoms with Crippen LogP contribution < -0.4 is 21.1 Å². The molecule has 0 saturated carbocycles. The Labute approximate surface area is 197 Å². The predicted octanol–water partition coefficient (Wildman–Crippen LogP) is 5.03. The fourth-order valence-electron chi connectivity index (χ4n) is 3.29. The molecule has 0 unspecified atom stereocenters. The third kappa shape index (κ3) is 5.84. The van der Waals surface area contributed by atoms with Crippen molar-refractivity contribution in [1.29, 1.82) is 0 Å². The number of benzene rings is 3. The summed E-state index contributed by atoms with van der Waals surface area (Å²) in [5, 5.41) is 10.9. The van der Waals surface area contributed by atoms with Gasteiger partial charge in [0.1, 0.15) is 29.6 Å². The van der Waals surface area contributed by atoms with Crippen LogP contribution in [0.5, 0.6) is 5.75 Å². The number of amides is 2. The SMILES string of the molecule is Nc1c(NC(=O)NCCOc2ccccc2)c(-c2ccc(Cl)cc2)nn1Cc1ccccc1. The molecule has 0 radical (unpaired) electrons. The smallest absolute Gasteiger partial charge is 0.319 e. The van der Waals surface area contributed by atoms with Gasteiger partial charge < -0.3 is 21.1 Å². The topological polar surface area (TPSA) is 94.2 Å². The Morgan fingerprint density at radius 2 is 1.64 bits per heavy atom. The van der Waals surface area contributed by atoms with Gasteiger partial charge in [-0.05, 0) is 29.8 Å². The van der Waals surface area contributed by atoms with E-state index in [9.17, 15) is 4.79 Å². The lowest BCUT2D eigenvalue weighted by atomic mass is 10.1. The molecule has 33 heavy (non-hydrogen) atoms. The molecule has 1 heterocycles. The minimum Gasteiger partial charge on any atom is -0.492 e. The Morgan fingerprint density at radius 1 is 0.970 bits per heavy atom. The molecule has 0 bridgehead atoms. The fourth-order valence-corrected chi connectivity index (χ4v) is 3.42. The Balaban J connectivity index is 1.48. The number of anilines is 2. The van der Waals surface area contributed by atoms with Gasteiger partial charge in [0.05, 0.1) is 13.1 Å². The van der Waals surface area contributed by atoms with Crippen molar-refractivity contribution in [2.45, 2.75) is 6.54 Å². The number of urea groups is 1. The summed E-state index contributed by atoms with van der Waals surface area (Å²) in [6.07, 6.45) is 0. The molecule has 4 aromatic rings. The maximum Gasteiger partial charge on any atom is 0.319 e. The lowest BCUT2D eigenvalue weighted by Crippen LogP contribution is -2.32. The molecular formula is C25H24ClN5O2. The number of para-hydroxylation sites is 1. The fraction of sp³-hybridized carbons (Fsp3) is 0.120. The second-order valence-corrected chi connectivity index (χ2v) is 7.74. The van der Waals surface area contributed by atoms with Crippen LogP contribution in [0.15, 0.2) is 84.9 Å². The number of nitrogens with one attached hydrogen (secondary N) is 2. The number of ether oxygens (including phenoxy) is 1. The quantitative estimate of drug-likeness (QED) is 0.320. The third-order valence-corrected chi connectivity index (χ3v) is 5.17. The van der Waals surface area contributed by atoms with Crippen LogP contribution in [0, 0.1) is 0 Å². The van der Waals surface area contributed by atoms with Crippen LogP contribution in [0.25, 0.3) is 11.3 Å². The number of rotatable bonds is 8. The summed E-state index contributed by atoms with van der Waals surface area (Å²) >= 11 is 6.04. The van der Waals surface area contributed by atoms with E-state index in [0.717, 1.165) is 16.9 Å². The monoisotopic (exact) mass is 461 g/mol. The largest absolute Gasteiger partial charge is 0.492 e. The predicted molar refractivity (Wildman–Crippen MR) is 132 cm³/mol. The van der Waals surface area contributed by atoms with Crippen LogP contribution in [0.2, 0.25) is 5.02 Å². The summed E-state index contributed by atoms with van der Waals surface area (Å²) in [6, 6.07) is 26.1. The van der Waals surface area contributed by atoms with E-state index in [-0.39, 0.29) is 0 Å². The van der Waals surface area contributed by atoms with E-state index in [1.807, 2.05) is 72.8 Å². The first-order chi connectivity index (χ1) is 16.1. The zero-order valence-corrected chi connectivity index (χ0v) is 18.6. The normalized spacial score (nSPS) is 10.6. The van der Waals surface area contributed by atoms with Crippen LogP contribution in [-0.2, 0) is 6.54 Å². The average Bonchev–Trinajstić information content (AvgIpc) is 3.13. The van der Waals surface area contributed by atoms with Crippen molar-refractivity contribution in [2.75, 3.05) is 24.2 Å². The minimum absolute atomic E-state index is 0.328. The van der Waals surface area contributed by atoms with Gasteiger partial charge in [0, 0.05) is 10.6 Å². The lowest BCUT2D eigenvalue weighted by Gasteiger charge is -2.10. The van der Waals surface area contributed by atoms with Gasteiger partial charge in [-0.15, -0.1) is 0 Å². The van der Waals surface area contributed by atoms with E-state index in [1.54, 1.807) is 16.8 Å². The number of carbonyl (C=O) groups excluding carboxylic acids is 1. The van der Waals surface area contributed by atoms with E-state index in [4.69, 9.17) is 22.1 Å². The Morgan fingerprint density at radius 3 is 2.33 bits per heavy atom. The summed E-state index contributed by atoms with van der Waals surface area (Å²) in [5.74, 6) is 1.11. The van der Waals surface area contributed by atoms with Gasteiger partial charge in [-0.2, -0.15) is 5.10 Å². The van der Waals surface area contributed by atoms with Gasteiger partial charge in [-0.3, -0.25) is 0 Å². The molecule has 168 valence electrons. The second kappa shape index (κ2) is 10.6. The summed E-state index contributed by atoms with van der Waals surface area (Å²) < 4.78 is 7.28. The van der Waals surface area contributed by atoms with Crippen molar-refractivity contribution in [2.24, 2.45) is 0 Å². The van der Waals surface area contributed by atoms with Crippen LogP contribution >= 0.6 is 11.6 Å². The van der Waals surface area contributed by atoms with Crippen LogP contribution in [0.1, 0.15) is 5.56 Å². The average molecular weight is 462 g/mol. The van der Waals surface area contributed by atoms with Crippen LogP contribution in [-0.4, -0.2) is 29.0 Å². The van der Waals surface area contributed by atoms with E-state index >= 15 is 0 Å². The maximum atomic E-state index is 12.6. The van der Waals surface area contributed by atoms with Crippen molar-refractivity contribution in [3.05, 3.63) is 95.5 Å². The molecule has 0 fully saturated rings. The van der Waals surface area contributed by atoms with E-state index < -0.39 is 6.03 Å². The van der Waals surface area contributed by atoms with Crippen LogP contribution in [0.3, 0.4) is 0 Å². The molecular weight excluding hydrogens is 438 g/mol. The number of carbonyl (C=O) groups is 1. The standard InChI is InChI=1S/C25H24ClN5O2/c26-20-13-11-19(12-14-20)22-23(24(27)31(30-22)17-18-7-3-1-4-8-18)29-25(32)28-15-16-33-21-9-5-2-6-10-21/h1-14H,15-17,27H2,(H2,28,29,32). The Kier molecular flexibility index (Phi) is 7.12. The van der Waals surface area contributed by atoms with Gasteiger partial charge in [0.25, 0.3) is 0 Å². The first-order valence-corrected chi connectivity index (χ1v) is 10.9. The summed E-state index contributed by atoms with van der Waals surface area (Å²) in [5.41, 5.74) is 9.25. The number of nitrogens with zero attached hydrogens (tertiary/aromatic N) is 2. The van der Waals surface area contributed by atoms with Crippen molar-refractivity contribution < 1.29 is 9.53 Å². The third-order valence-electron chi connectivity index (χ3n) is 4.92. The molecule has 0 atom stereocenters. The maximum absolute atomic E-state index is 12.6. The molecule has 7 nitrogen and oxygen atoms in total. The summed E-state index contributed by atoms with van der Waals surface area (Å²) in [4.78, 5) is 12.6.